The predicted molar refractivity (Wildman–Crippen MR) is 105 cm³/mol. The third-order valence-electron chi connectivity index (χ3n) is 4.19. The van der Waals surface area contributed by atoms with Crippen molar-refractivity contribution in [2.75, 3.05) is 13.7 Å². The lowest BCUT2D eigenvalue weighted by atomic mass is 10.1. The predicted octanol–water partition coefficient (Wildman–Crippen LogP) is 4.15. The molecule has 0 aliphatic rings. The average molecular weight is 430 g/mol. The van der Waals surface area contributed by atoms with E-state index in [1.54, 1.807) is 7.05 Å². The fourth-order valence-electron chi connectivity index (χ4n) is 2.41. The Kier molecular flexibility index (Phi) is 5.91. The molecule has 3 rings (SSSR count). The van der Waals surface area contributed by atoms with Gasteiger partial charge in [0.15, 0.2) is 6.61 Å². The second-order valence-electron chi connectivity index (χ2n) is 6.31. The van der Waals surface area contributed by atoms with Crippen molar-refractivity contribution in [3.63, 3.8) is 0 Å². The Morgan fingerprint density at radius 3 is 2.74 bits per heavy atom. The number of halogens is 1. The minimum absolute atomic E-state index is 0.0500. The van der Waals surface area contributed by atoms with Crippen molar-refractivity contribution in [1.82, 2.24) is 15.0 Å². The minimum Gasteiger partial charge on any atom is -0.484 e. The van der Waals surface area contributed by atoms with Crippen molar-refractivity contribution < 1.29 is 14.1 Å². The summed E-state index contributed by atoms with van der Waals surface area (Å²) >= 11 is 3.42. The van der Waals surface area contributed by atoms with Crippen LogP contribution in [0.4, 0.5) is 0 Å². The summed E-state index contributed by atoms with van der Waals surface area (Å²) in [6.07, 6.45) is 0. The van der Waals surface area contributed by atoms with Gasteiger partial charge in [0, 0.05) is 17.1 Å². The van der Waals surface area contributed by atoms with Gasteiger partial charge < -0.3 is 14.2 Å². The van der Waals surface area contributed by atoms with E-state index >= 15 is 0 Å². The first-order valence-electron chi connectivity index (χ1n) is 8.45. The van der Waals surface area contributed by atoms with Crippen LogP contribution in [0.1, 0.15) is 17.0 Å². The minimum atomic E-state index is -0.171. The van der Waals surface area contributed by atoms with Crippen molar-refractivity contribution in [3.05, 3.63) is 64.0 Å². The maximum Gasteiger partial charge on any atom is 0.260 e. The molecule has 0 bridgehead atoms. The van der Waals surface area contributed by atoms with E-state index in [0.717, 1.165) is 15.6 Å². The third-order valence-corrected chi connectivity index (χ3v) is 4.68. The summed E-state index contributed by atoms with van der Waals surface area (Å²) in [6.45, 7) is 4.21. The van der Waals surface area contributed by atoms with Gasteiger partial charge in [0.1, 0.15) is 5.75 Å². The number of rotatable bonds is 6. The van der Waals surface area contributed by atoms with Gasteiger partial charge in [-0.3, -0.25) is 4.79 Å². The zero-order valence-corrected chi connectivity index (χ0v) is 17.0. The molecule has 3 aromatic rings. The third kappa shape index (κ3) is 4.95. The van der Waals surface area contributed by atoms with E-state index < -0.39 is 0 Å². The summed E-state index contributed by atoms with van der Waals surface area (Å²) in [5, 5.41) is 3.98. The molecule has 0 unspecified atom stereocenters. The van der Waals surface area contributed by atoms with E-state index in [9.17, 15) is 4.79 Å². The number of aryl methyl sites for hydroxylation is 2. The van der Waals surface area contributed by atoms with Crippen LogP contribution in [-0.4, -0.2) is 34.6 Å². The molecule has 0 fully saturated rings. The van der Waals surface area contributed by atoms with E-state index in [0.29, 0.717) is 17.5 Å². The molecule has 0 radical (unpaired) electrons. The van der Waals surface area contributed by atoms with Crippen molar-refractivity contribution >= 4 is 21.8 Å². The summed E-state index contributed by atoms with van der Waals surface area (Å²) in [4.78, 5) is 18.1. The molecule has 0 atom stereocenters. The molecule has 0 saturated heterocycles. The van der Waals surface area contributed by atoms with Crippen molar-refractivity contribution in [1.29, 1.82) is 0 Å². The van der Waals surface area contributed by atoms with E-state index in [1.165, 1.54) is 10.5 Å². The highest BCUT2D eigenvalue weighted by Gasteiger charge is 2.15. The maximum absolute atomic E-state index is 12.3. The first-order valence-corrected chi connectivity index (χ1v) is 9.24. The Balaban J connectivity index is 1.57. The van der Waals surface area contributed by atoms with E-state index in [4.69, 9.17) is 9.26 Å². The summed E-state index contributed by atoms with van der Waals surface area (Å²) in [6, 6.07) is 13.4. The number of aromatic nitrogens is 2. The van der Waals surface area contributed by atoms with E-state index in [2.05, 4.69) is 26.1 Å². The normalized spacial score (nSPS) is 10.7. The Morgan fingerprint density at radius 2 is 2.00 bits per heavy atom. The largest absolute Gasteiger partial charge is 0.484 e. The molecular weight excluding hydrogens is 410 g/mol. The number of carbonyl (C=O) groups excluding carboxylic acids is 1. The fourth-order valence-corrected chi connectivity index (χ4v) is 2.81. The molecule has 0 N–H and O–H groups in total. The van der Waals surface area contributed by atoms with Gasteiger partial charge in [-0.1, -0.05) is 39.3 Å². The quantitative estimate of drug-likeness (QED) is 0.588. The number of amides is 1. The van der Waals surface area contributed by atoms with Crippen molar-refractivity contribution in [3.8, 4) is 17.1 Å². The zero-order valence-electron chi connectivity index (χ0n) is 15.4. The number of ether oxygens (including phenoxy) is 1. The van der Waals surface area contributed by atoms with E-state index in [1.807, 2.05) is 56.3 Å². The number of hydrogen-bond acceptors (Lipinski definition) is 5. The van der Waals surface area contributed by atoms with Gasteiger partial charge >= 0.3 is 0 Å². The van der Waals surface area contributed by atoms with Gasteiger partial charge in [0.2, 0.25) is 11.7 Å². The summed E-state index contributed by atoms with van der Waals surface area (Å²) in [5.41, 5.74) is 3.15. The number of nitrogens with zero attached hydrogens (tertiary/aromatic N) is 3. The Bertz CT molecular complexity index is 955. The fraction of sp³-hybridized carbons (Fsp3) is 0.250. The van der Waals surface area contributed by atoms with Gasteiger partial charge in [-0.15, -0.1) is 0 Å². The van der Waals surface area contributed by atoms with Crippen LogP contribution in [0.25, 0.3) is 11.4 Å². The van der Waals surface area contributed by atoms with Gasteiger partial charge in [-0.25, -0.2) is 0 Å². The topological polar surface area (TPSA) is 68.5 Å². The second kappa shape index (κ2) is 8.35. The number of likely N-dealkylation sites (N-methyl/N-ethyl adjacent to an activating group) is 1. The van der Waals surface area contributed by atoms with Crippen molar-refractivity contribution in [2.24, 2.45) is 0 Å². The van der Waals surface area contributed by atoms with E-state index in [-0.39, 0.29) is 19.1 Å². The van der Waals surface area contributed by atoms with Crippen LogP contribution in [0.3, 0.4) is 0 Å². The van der Waals surface area contributed by atoms with Gasteiger partial charge in [0.25, 0.3) is 5.91 Å². The molecule has 6 nitrogen and oxygen atoms in total. The van der Waals surface area contributed by atoms with Crippen LogP contribution < -0.4 is 4.74 Å². The lowest BCUT2D eigenvalue weighted by Crippen LogP contribution is -2.31. The molecular formula is C20H20BrN3O3. The maximum atomic E-state index is 12.3. The monoisotopic (exact) mass is 429 g/mol. The van der Waals surface area contributed by atoms with Crippen LogP contribution in [0.5, 0.6) is 5.75 Å². The summed E-state index contributed by atoms with van der Waals surface area (Å²) in [7, 11) is 1.68. The van der Waals surface area contributed by atoms with Crippen LogP contribution >= 0.6 is 15.9 Å². The smallest absolute Gasteiger partial charge is 0.260 e. The lowest BCUT2D eigenvalue weighted by Gasteiger charge is -2.15. The van der Waals surface area contributed by atoms with Crippen LogP contribution in [0.2, 0.25) is 0 Å². The second-order valence-corrected chi connectivity index (χ2v) is 7.22. The highest BCUT2D eigenvalue weighted by Crippen LogP contribution is 2.21. The standard InChI is InChI=1S/C20H20BrN3O3/c1-13-7-8-17(9-14(13)2)26-12-19(25)24(3)11-18-22-20(23-27-18)15-5-4-6-16(21)10-15/h4-10H,11-12H2,1-3H3. The van der Waals surface area contributed by atoms with Gasteiger partial charge in [0.05, 0.1) is 6.54 Å². The highest BCUT2D eigenvalue weighted by atomic mass is 79.9. The van der Waals surface area contributed by atoms with Crippen LogP contribution in [0, 0.1) is 13.8 Å². The van der Waals surface area contributed by atoms with Crippen LogP contribution in [0.15, 0.2) is 51.5 Å². The number of hydrogen-bond donors (Lipinski definition) is 0. The SMILES string of the molecule is Cc1ccc(OCC(=O)N(C)Cc2nc(-c3cccc(Br)c3)no2)cc1C. The molecule has 27 heavy (non-hydrogen) atoms. The van der Waals surface area contributed by atoms with Crippen LogP contribution in [-0.2, 0) is 11.3 Å². The Hall–Kier alpha value is -2.67. The number of benzene rings is 2. The average Bonchev–Trinajstić information content (AvgIpc) is 3.11. The molecule has 1 aromatic heterocycles. The number of carbonyl (C=O) groups is 1. The Morgan fingerprint density at radius 1 is 1.19 bits per heavy atom. The summed E-state index contributed by atoms with van der Waals surface area (Å²) in [5.74, 6) is 1.36. The Labute approximate surface area is 166 Å². The summed E-state index contributed by atoms with van der Waals surface area (Å²) < 4.78 is 11.8. The highest BCUT2D eigenvalue weighted by molar-refractivity contribution is 9.10. The molecule has 1 amide bonds. The molecule has 1 heterocycles. The van der Waals surface area contributed by atoms with Gasteiger partial charge in [-0.05, 0) is 49.2 Å². The molecule has 2 aromatic carbocycles. The first-order chi connectivity index (χ1) is 12.9. The molecule has 140 valence electrons. The molecule has 0 aliphatic heterocycles. The first kappa shape index (κ1) is 19.1. The molecule has 7 heteroatoms. The molecule has 0 aliphatic carbocycles. The lowest BCUT2D eigenvalue weighted by molar-refractivity contribution is -0.132. The van der Waals surface area contributed by atoms with Gasteiger partial charge in [-0.2, -0.15) is 4.98 Å². The zero-order chi connectivity index (χ0) is 19.4. The molecule has 0 spiro atoms. The molecule has 0 saturated carbocycles. The van der Waals surface area contributed by atoms with Crippen molar-refractivity contribution in [2.45, 2.75) is 20.4 Å².